The number of hydrogen-bond acceptors (Lipinski definition) is 3. The summed E-state index contributed by atoms with van der Waals surface area (Å²) in [6.07, 6.45) is 0. The molecule has 0 bridgehead atoms. The normalized spacial score (nSPS) is 10.1. The number of anilines is 1. The predicted octanol–water partition coefficient (Wildman–Crippen LogP) is 4.15. The van der Waals surface area contributed by atoms with Crippen LogP contribution in [0.4, 0.5) is 5.69 Å². The molecule has 23 heavy (non-hydrogen) atoms. The van der Waals surface area contributed by atoms with Gasteiger partial charge < -0.3 is 4.90 Å². The Morgan fingerprint density at radius 2 is 2.00 bits per heavy atom. The fourth-order valence-corrected chi connectivity index (χ4v) is 3.28. The van der Waals surface area contributed by atoms with E-state index in [1.54, 1.807) is 16.7 Å². The minimum absolute atomic E-state index is 0.0949. The van der Waals surface area contributed by atoms with Crippen molar-refractivity contribution in [2.45, 2.75) is 19.6 Å². The maximum atomic E-state index is 12.5. The zero-order chi connectivity index (χ0) is 16.7. The van der Waals surface area contributed by atoms with Crippen molar-refractivity contribution in [2.75, 3.05) is 17.2 Å². The molecule has 3 nitrogen and oxygen atoms in total. The fourth-order valence-electron chi connectivity index (χ4n) is 2.38. The highest BCUT2D eigenvalue weighted by Gasteiger charge is 2.14. The number of benzene rings is 2. The first-order valence-corrected chi connectivity index (χ1v) is 8.74. The van der Waals surface area contributed by atoms with Gasteiger partial charge in [-0.2, -0.15) is 5.26 Å². The van der Waals surface area contributed by atoms with Crippen LogP contribution in [0.3, 0.4) is 0 Å². The first kappa shape index (κ1) is 17.1. The second-order valence-electron chi connectivity index (χ2n) is 5.24. The number of carbonyl (C=O) groups excluding carboxylic acids is 1. The molecule has 0 atom stereocenters. The maximum absolute atomic E-state index is 12.5. The van der Waals surface area contributed by atoms with Crippen molar-refractivity contribution >= 4 is 23.4 Å². The molecule has 0 aromatic heterocycles. The van der Waals surface area contributed by atoms with Crippen molar-refractivity contribution < 1.29 is 4.79 Å². The van der Waals surface area contributed by atoms with Gasteiger partial charge in [-0.05, 0) is 43.2 Å². The number of carbonyl (C=O) groups is 1. The van der Waals surface area contributed by atoms with Crippen LogP contribution in [0.1, 0.15) is 23.6 Å². The van der Waals surface area contributed by atoms with Crippen molar-refractivity contribution in [3.05, 3.63) is 65.2 Å². The van der Waals surface area contributed by atoms with Gasteiger partial charge in [-0.15, -0.1) is 11.8 Å². The van der Waals surface area contributed by atoms with E-state index < -0.39 is 0 Å². The molecule has 4 heteroatoms. The summed E-state index contributed by atoms with van der Waals surface area (Å²) in [6.45, 7) is 4.66. The molecule has 0 heterocycles. The molecule has 2 aromatic rings. The first-order valence-electron chi connectivity index (χ1n) is 7.58. The molecule has 1 amide bonds. The Balaban J connectivity index is 1.97. The highest BCUT2D eigenvalue weighted by molar-refractivity contribution is 7.99. The largest absolute Gasteiger partial charge is 0.312 e. The van der Waals surface area contributed by atoms with Crippen LogP contribution in [-0.2, 0) is 10.5 Å². The second kappa shape index (κ2) is 8.40. The van der Waals surface area contributed by atoms with Gasteiger partial charge in [-0.3, -0.25) is 4.79 Å². The third kappa shape index (κ3) is 4.61. The molecular weight excluding hydrogens is 304 g/mol. The van der Waals surface area contributed by atoms with E-state index in [1.165, 1.54) is 0 Å². The van der Waals surface area contributed by atoms with Crippen LogP contribution in [0.5, 0.6) is 0 Å². The molecule has 0 aliphatic heterocycles. The van der Waals surface area contributed by atoms with E-state index in [4.69, 9.17) is 5.26 Å². The monoisotopic (exact) mass is 324 g/mol. The molecule has 2 rings (SSSR count). The Hall–Kier alpha value is -2.25. The lowest BCUT2D eigenvalue weighted by molar-refractivity contribution is -0.116. The Morgan fingerprint density at radius 3 is 2.70 bits per heavy atom. The molecule has 2 aromatic carbocycles. The minimum Gasteiger partial charge on any atom is -0.312 e. The summed E-state index contributed by atoms with van der Waals surface area (Å²) in [6, 6.07) is 17.7. The molecule has 118 valence electrons. The average Bonchev–Trinajstić information content (AvgIpc) is 2.56. The molecule has 0 fully saturated rings. The van der Waals surface area contributed by atoms with E-state index in [2.05, 4.69) is 6.07 Å². The summed E-state index contributed by atoms with van der Waals surface area (Å²) >= 11 is 1.54. The molecule has 0 N–H and O–H groups in total. The number of hydrogen-bond donors (Lipinski definition) is 0. The molecule has 0 spiro atoms. The van der Waals surface area contributed by atoms with Crippen molar-refractivity contribution in [1.29, 1.82) is 5.26 Å². The smallest absolute Gasteiger partial charge is 0.236 e. The van der Waals surface area contributed by atoms with Crippen LogP contribution in [0.2, 0.25) is 0 Å². The van der Waals surface area contributed by atoms with E-state index in [0.29, 0.717) is 23.6 Å². The summed E-state index contributed by atoms with van der Waals surface area (Å²) in [4.78, 5) is 14.3. The summed E-state index contributed by atoms with van der Waals surface area (Å²) in [5, 5.41) is 9.09. The van der Waals surface area contributed by atoms with Crippen molar-refractivity contribution in [2.24, 2.45) is 0 Å². The summed E-state index contributed by atoms with van der Waals surface area (Å²) < 4.78 is 0. The lowest BCUT2D eigenvalue weighted by Gasteiger charge is -2.21. The van der Waals surface area contributed by atoms with Gasteiger partial charge in [0.25, 0.3) is 0 Å². The lowest BCUT2D eigenvalue weighted by atomic mass is 10.1. The summed E-state index contributed by atoms with van der Waals surface area (Å²) in [5.41, 5.74) is 3.74. The highest BCUT2D eigenvalue weighted by atomic mass is 32.2. The Kier molecular flexibility index (Phi) is 6.25. The molecule has 0 saturated carbocycles. The zero-order valence-corrected chi connectivity index (χ0v) is 14.3. The third-order valence-electron chi connectivity index (χ3n) is 3.55. The Bertz CT molecular complexity index is 721. The van der Waals surface area contributed by atoms with E-state index in [9.17, 15) is 4.79 Å². The van der Waals surface area contributed by atoms with E-state index in [0.717, 1.165) is 16.8 Å². The minimum atomic E-state index is 0.0949. The summed E-state index contributed by atoms with van der Waals surface area (Å²) in [7, 11) is 0. The second-order valence-corrected chi connectivity index (χ2v) is 6.22. The number of nitriles is 1. The van der Waals surface area contributed by atoms with Gasteiger partial charge in [0.05, 0.1) is 17.4 Å². The van der Waals surface area contributed by atoms with Crippen LogP contribution in [0.15, 0.2) is 48.5 Å². The standard InChI is InChI=1S/C19H20N2OS/c1-3-21(18-10-6-7-15(2)11-18)19(22)14-23-13-17-9-5-4-8-16(17)12-20/h4-11H,3,13-14H2,1-2H3. The quantitative estimate of drug-likeness (QED) is 0.801. The first-order chi connectivity index (χ1) is 11.2. The van der Waals surface area contributed by atoms with Crippen LogP contribution in [-0.4, -0.2) is 18.2 Å². The molecule has 0 radical (unpaired) electrons. The SMILES string of the molecule is CCN(C(=O)CSCc1ccccc1C#N)c1cccc(C)c1. The van der Waals surface area contributed by atoms with E-state index in [-0.39, 0.29) is 5.91 Å². The Morgan fingerprint density at radius 1 is 1.22 bits per heavy atom. The average molecular weight is 324 g/mol. The molecule has 0 saturated heterocycles. The lowest BCUT2D eigenvalue weighted by Crippen LogP contribution is -2.32. The topological polar surface area (TPSA) is 44.1 Å². The molecule has 0 aliphatic rings. The third-order valence-corrected chi connectivity index (χ3v) is 4.52. The van der Waals surface area contributed by atoms with Gasteiger partial charge >= 0.3 is 0 Å². The van der Waals surface area contributed by atoms with Gasteiger partial charge in [0.1, 0.15) is 0 Å². The van der Waals surface area contributed by atoms with Crippen molar-refractivity contribution in [1.82, 2.24) is 0 Å². The van der Waals surface area contributed by atoms with Crippen LogP contribution < -0.4 is 4.90 Å². The number of amides is 1. The fraction of sp³-hybridized carbons (Fsp3) is 0.263. The van der Waals surface area contributed by atoms with E-state index in [1.807, 2.05) is 62.4 Å². The zero-order valence-electron chi connectivity index (χ0n) is 13.5. The van der Waals surface area contributed by atoms with E-state index >= 15 is 0 Å². The van der Waals surface area contributed by atoms with Gasteiger partial charge in [-0.25, -0.2) is 0 Å². The number of rotatable bonds is 6. The van der Waals surface area contributed by atoms with Crippen LogP contribution >= 0.6 is 11.8 Å². The summed E-state index contributed by atoms with van der Waals surface area (Å²) in [5.74, 6) is 1.17. The van der Waals surface area contributed by atoms with Crippen molar-refractivity contribution in [3.8, 4) is 6.07 Å². The number of aryl methyl sites for hydroxylation is 1. The number of thioether (sulfide) groups is 1. The van der Waals surface area contributed by atoms with Gasteiger partial charge in [0.2, 0.25) is 5.91 Å². The molecular formula is C19H20N2OS. The van der Waals surface area contributed by atoms with Crippen LogP contribution in [0, 0.1) is 18.3 Å². The predicted molar refractivity (Wildman–Crippen MR) is 96.5 cm³/mol. The Labute approximate surface area is 141 Å². The number of nitrogens with zero attached hydrogens (tertiary/aromatic N) is 2. The van der Waals surface area contributed by atoms with Gasteiger partial charge in [-0.1, -0.05) is 30.3 Å². The van der Waals surface area contributed by atoms with Crippen molar-refractivity contribution in [3.63, 3.8) is 0 Å². The maximum Gasteiger partial charge on any atom is 0.236 e. The molecule has 0 aliphatic carbocycles. The van der Waals surface area contributed by atoms with Gasteiger partial charge in [0, 0.05) is 18.0 Å². The van der Waals surface area contributed by atoms with Gasteiger partial charge in [0.15, 0.2) is 0 Å². The highest BCUT2D eigenvalue weighted by Crippen LogP contribution is 2.20. The van der Waals surface area contributed by atoms with Crippen LogP contribution in [0.25, 0.3) is 0 Å². The molecule has 0 unspecified atom stereocenters.